The predicted octanol–water partition coefficient (Wildman–Crippen LogP) is 5.51. The minimum Gasteiger partial charge on any atom is -0.480 e. The second-order valence-electron chi connectivity index (χ2n) is 11.8. The number of thiophene rings is 1. The largest absolute Gasteiger partial charge is 0.480 e. The smallest absolute Gasteiger partial charge is 0.322 e. The minimum atomic E-state index is -4.14. The lowest BCUT2D eigenvalue weighted by atomic mass is 9.87. The van der Waals surface area contributed by atoms with Gasteiger partial charge in [0, 0.05) is 43.6 Å². The number of hydrogen-bond acceptors (Lipinski definition) is 8. The van der Waals surface area contributed by atoms with Gasteiger partial charge in [0.15, 0.2) is 0 Å². The summed E-state index contributed by atoms with van der Waals surface area (Å²) in [5, 5.41) is 19.6. The molecule has 0 radical (unpaired) electrons. The predicted molar refractivity (Wildman–Crippen MR) is 175 cm³/mol. The van der Waals surface area contributed by atoms with E-state index in [1.54, 1.807) is 16.4 Å². The van der Waals surface area contributed by atoms with Gasteiger partial charge in [0.05, 0.1) is 21.7 Å². The summed E-state index contributed by atoms with van der Waals surface area (Å²) in [6.07, 6.45) is 5.84. The average molecular weight is 774 g/mol. The van der Waals surface area contributed by atoms with E-state index in [1.807, 2.05) is 0 Å². The first kappa shape index (κ1) is 34.4. The van der Waals surface area contributed by atoms with E-state index in [2.05, 4.69) is 20.8 Å². The Labute approximate surface area is 281 Å². The van der Waals surface area contributed by atoms with Crippen LogP contribution in [0.4, 0.5) is 5.69 Å². The van der Waals surface area contributed by atoms with Crippen LogP contribution in [0.25, 0.3) is 0 Å². The van der Waals surface area contributed by atoms with Crippen molar-refractivity contribution in [1.82, 2.24) is 8.61 Å². The third-order valence-corrected chi connectivity index (χ3v) is 16.0. The molecule has 10 nitrogen and oxygen atoms in total. The fraction of sp³-hybridized carbons (Fsp3) is 0.607. The number of β-amino-alcohol motifs (C(OH)–C–C–N with tert-alkyl or cyclic N) is 1. The summed E-state index contributed by atoms with van der Waals surface area (Å²) < 4.78 is 56.0. The molecule has 3 aliphatic rings. The van der Waals surface area contributed by atoms with Crippen molar-refractivity contribution in [3.8, 4) is 0 Å². The lowest BCUT2D eigenvalue weighted by Gasteiger charge is -2.35. The summed E-state index contributed by atoms with van der Waals surface area (Å²) >= 11 is 17.0. The molecule has 1 aromatic carbocycles. The quantitative estimate of drug-likeness (QED) is 0.323. The first-order valence-corrected chi connectivity index (χ1v) is 19.9. The Morgan fingerprint density at radius 1 is 0.955 bits per heavy atom. The van der Waals surface area contributed by atoms with Crippen molar-refractivity contribution in [3.05, 3.63) is 38.1 Å². The van der Waals surface area contributed by atoms with E-state index in [0.717, 1.165) is 79.4 Å². The molecule has 244 valence electrons. The average Bonchev–Trinajstić information content (AvgIpc) is 3.56. The van der Waals surface area contributed by atoms with Gasteiger partial charge in [-0.15, -0.1) is 11.3 Å². The molecular weight excluding hydrogens is 737 g/mol. The van der Waals surface area contributed by atoms with E-state index in [9.17, 15) is 31.8 Å². The Bertz CT molecular complexity index is 1550. The van der Waals surface area contributed by atoms with Crippen LogP contribution < -0.4 is 4.90 Å². The van der Waals surface area contributed by atoms with Crippen LogP contribution in [0.1, 0.15) is 51.4 Å². The topological polar surface area (TPSA) is 136 Å². The van der Waals surface area contributed by atoms with Gasteiger partial charge in [0.1, 0.15) is 14.6 Å². The van der Waals surface area contributed by atoms with E-state index < -0.39 is 38.2 Å². The molecule has 3 fully saturated rings. The molecular formula is C28H36BrCl2N3O7S3. The van der Waals surface area contributed by atoms with E-state index in [1.165, 1.54) is 12.1 Å². The number of sulfonamides is 2. The highest BCUT2D eigenvalue weighted by Crippen LogP contribution is 2.38. The zero-order valence-corrected chi connectivity index (χ0v) is 29.5. The number of carboxylic acids is 1. The number of aliphatic hydroxyl groups excluding tert-OH is 1. The van der Waals surface area contributed by atoms with Gasteiger partial charge in [-0.1, -0.05) is 42.5 Å². The van der Waals surface area contributed by atoms with Gasteiger partial charge < -0.3 is 15.1 Å². The summed E-state index contributed by atoms with van der Waals surface area (Å²) in [5.41, 5.74) is 0.749. The molecule has 44 heavy (non-hydrogen) atoms. The summed E-state index contributed by atoms with van der Waals surface area (Å²) in [5.74, 6) is -0.189. The molecule has 2 aromatic rings. The Morgan fingerprint density at radius 3 is 2.11 bits per heavy atom. The number of piperidine rings is 2. The molecule has 3 aliphatic heterocycles. The van der Waals surface area contributed by atoms with Gasteiger partial charge in [0.25, 0.3) is 10.0 Å². The number of aliphatic carboxylic acids is 1. The molecule has 0 aliphatic carbocycles. The highest BCUT2D eigenvalue weighted by molar-refractivity contribution is 9.10. The van der Waals surface area contributed by atoms with E-state index >= 15 is 0 Å². The van der Waals surface area contributed by atoms with E-state index in [-0.39, 0.29) is 22.1 Å². The number of rotatable bonds is 10. The van der Waals surface area contributed by atoms with Gasteiger partial charge in [-0.3, -0.25) is 4.79 Å². The molecule has 0 amide bonds. The highest BCUT2D eigenvalue weighted by atomic mass is 79.9. The Morgan fingerprint density at radius 2 is 1.57 bits per heavy atom. The number of anilines is 1. The second kappa shape index (κ2) is 14.0. The summed E-state index contributed by atoms with van der Waals surface area (Å²) in [7, 11) is -7.65. The maximum Gasteiger partial charge on any atom is 0.322 e. The van der Waals surface area contributed by atoms with Gasteiger partial charge in [0.2, 0.25) is 10.0 Å². The summed E-state index contributed by atoms with van der Waals surface area (Å²) in [6.45, 7) is 2.39. The molecule has 2 unspecified atom stereocenters. The first-order chi connectivity index (χ1) is 20.8. The van der Waals surface area contributed by atoms with Crippen molar-refractivity contribution in [2.75, 3.05) is 37.6 Å². The number of carbonyl (C=O) groups is 1. The molecule has 1 aromatic heterocycles. The molecule has 5 rings (SSSR count). The minimum absolute atomic E-state index is 0.0890. The molecule has 2 N–H and O–H groups in total. The van der Waals surface area contributed by atoms with Crippen LogP contribution in [0, 0.1) is 11.8 Å². The van der Waals surface area contributed by atoms with E-state index in [0.29, 0.717) is 38.8 Å². The summed E-state index contributed by atoms with van der Waals surface area (Å²) in [6, 6.07) is 4.77. The SMILES string of the molecule is O=C(O)C1CC(O)CN1S(=O)(=O)c1ccc(N2CCC(CCCC3CCN(S(=O)(=O)c4cc(Br)c(Cl)s4)CC3)CC2)c(Cl)c1. The molecule has 0 bridgehead atoms. The maximum atomic E-state index is 13.2. The maximum absolute atomic E-state index is 13.2. The number of hydrogen-bond donors (Lipinski definition) is 2. The Balaban J connectivity index is 1.07. The van der Waals surface area contributed by atoms with Crippen LogP contribution in [-0.2, 0) is 24.8 Å². The van der Waals surface area contributed by atoms with Crippen molar-refractivity contribution in [2.45, 2.75) is 72.6 Å². The normalized spacial score (nSPS) is 23.4. The van der Waals surface area contributed by atoms with Crippen molar-refractivity contribution < 1.29 is 31.8 Å². The zero-order valence-electron chi connectivity index (χ0n) is 23.9. The summed E-state index contributed by atoms with van der Waals surface area (Å²) in [4.78, 5) is 13.6. The van der Waals surface area contributed by atoms with Crippen LogP contribution >= 0.6 is 50.5 Å². The lowest BCUT2D eigenvalue weighted by Crippen LogP contribution is -2.40. The number of carboxylic acid groups (broad SMARTS) is 1. The fourth-order valence-electron chi connectivity index (χ4n) is 6.49. The van der Waals surface area contributed by atoms with Crippen LogP contribution in [0.5, 0.6) is 0 Å². The molecule has 0 saturated carbocycles. The molecule has 4 heterocycles. The Hall–Kier alpha value is -0.970. The van der Waals surface area contributed by atoms with Crippen molar-refractivity contribution >= 4 is 82.2 Å². The number of benzene rings is 1. The highest BCUT2D eigenvalue weighted by Gasteiger charge is 2.43. The van der Waals surface area contributed by atoms with Crippen LogP contribution in [-0.4, -0.2) is 86.5 Å². The zero-order chi connectivity index (χ0) is 31.8. The van der Waals surface area contributed by atoms with Crippen molar-refractivity contribution in [2.24, 2.45) is 11.8 Å². The first-order valence-electron chi connectivity index (χ1n) is 14.7. The monoisotopic (exact) mass is 771 g/mol. The number of halogens is 3. The van der Waals surface area contributed by atoms with Crippen molar-refractivity contribution in [1.29, 1.82) is 0 Å². The van der Waals surface area contributed by atoms with Crippen LogP contribution in [0.2, 0.25) is 9.36 Å². The second-order valence-corrected chi connectivity index (χ2v) is 18.8. The third-order valence-electron chi connectivity index (χ3n) is 9.01. The lowest BCUT2D eigenvalue weighted by molar-refractivity contribution is -0.140. The number of aliphatic hydroxyl groups is 1. The molecule has 0 spiro atoms. The third kappa shape index (κ3) is 7.44. The molecule has 3 saturated heterocycles. The van der Waals surface area contributed by atoms with Gasteiger partial charge in [-0.2, -0.15) is 8.61 Å². The van der Waals surface area contributed by atoms with E-state index in [4.69, 9.17) is 23.2 Å². The fourth-order valence-corrected chi connectivity index (χ4v) is 12.4. The van der Waals surface area contributed by atoms with Gasteiger partial charge in [-0.05, 0) is 77.7 Å². The Kier molecular flexibility index (Phi) is 11.0. The standard InChI is InChI=1S/C28H36BrCl2N3O7S3/c29-22-16-26(42-27(22)31)44(40,41)33-12-8-19(9-13-33)3-1-2-18-6-10-32(11-7-18)24-5-4-21(15-23(24)30)43(38,39)34-17-20(35)14-25(34)28(36)37/h4-5,15-16,18-20,25,35H,1-3,6-14,17H2,(H,36,37). The van der Waals surface area contributed by atoms with Crippen molar-refractivity contribution in [3.63, 3.8) is 0 Å². The molecule has 16 heteroatoms. The van der Waals surface area contributed by atoms with Gasteiger partial charge in [-0.25, -0.2) is 16.8 Å². The van der Waals surface area contributed by atoms with Gasteiger partial charge >= 0.3 is 5.97 Å². The van der Waals surface area contributed by atoms with Crippen LogP contribution in [0.15, 0.2) is 37.8 Å². The van der Waals surface area contributed by atoms with Crippen LogP contribution in [0.3, 0.4) is 0 Å². The number of nitrogens with zero attached hydrogens (tertiary/aromatic N) is 3. The molecule has 2 atom stereocenters.